The van der Waals surface area contributed by atoms with Crippen molar-refractivity contribution in [1.82, 2.24) is 14.5 Å². The van der Waals surface area contributed by atoms with Crippen molar-refractivity contribution in [2.45, 2.75) is 38.3 Å². The van der Waals surface area contributed by atoms with E-state index in [-0.39, 0.29) is 24.0 Å². The Morgan fingerprint density at radius 1 is 1.12 bits per heavy atom. The molecule has 0 saturated carbocycles. The summed E-state index contributed by atoms with van der Waals surface area (Å²) in [6.07, 6.45) is 0. The second-order valence-electron chi connectivity index (χ2n) is 6.54. The topological polar surface area (TPSA) is 107 Å². The molecule has 0 aromatic heterocycles. The summed E-state index contributed by atoms with van der Waals surface area (Å²) in [5, 5.41) is 11.6. The highest BCUT2D eigenvalue weighted by molar-refractivity contribution is 7.89. The molecule has 0 aliphatic rings. The lowest BCUT2D eigenvalue weighted by molar-refractivity contribution is -0.141. The fourth-order valence-corrected chi connectivity index (χ4v) is 3.48. The third-order valence-corrected chi connectivity index (χ3v) is 6.14. The summed E-state index contributed by atoms with van der Waals surface area (Å²) in [4.78, 5) is 24.3. The maximum atomic E-state index is 12.4. The van der Waals surface area contributed by atoms with Crippen LogP contribution in [-0.4, -0.2) is 61.4 Å². The summed E-state index contributed by atoms with van der Waals surface area (Å²) in [5.74, 6) is -1.62. The predicted molar refractivity (Wildman–Crippen MR) is 98.2 cm³/mol. The van der Waals surface area contributed by atoms with Gasteiger partial charge >= 0.3 is 12.0 Å². The number of hydrogen-bond donors (Lipinski definition) is 2. The van der Waals surface area contributed by atoms with Gasteiger partial charge < -0.3 is 15.3 Å². The van der Waals surface area contributed by atoms with Crippen LogP contribution in [0.15, 0.2) is 29.2 Å². The summed E-state index contributed by atoms with van der Waals surface area (Å²) >= 11 is 0. The van der Waals surface area contributed by atoms with Crippen molar-refractivity contribution in [3.63, 3.8) is 0 Å². The Labute approximate surface area is 154 Å². The van der Waals surface area contributed by atoms with Gasteiger partial charge in [-0.2, -0.15) is 4.31 Å². The number of benzene rings is 1. The number of rotatable bonds is 8. The zero-order valence-electron chi connectivity index (χ0n) is 15.8. The third kappa shape index (κ3) is 5.70. The van der Waals surface area contributed by atoms with Gasteiger partial charge in [0.2, 0.25) is 10.0 Å². The molecule has 9 heteroatoms. The first kappa shape index (κ1) is 21.9. The number of urea groups is 1. The van der Waals surface area contributed by atoms with E-state index in [0.29, 0.717) is 0 Å². The zero-order chi connectivity index (χ0) is 20.1. The molecule has 0 heterocycles. The maximum Gasteiger partial charge on any atom is 0.317 e. The fraction of sp³-hybridized carbons (Fsp3) is 0.529. The first-order valence-electron chi connectivity index (χ1n) is 8.25. The largest absolute Gasteiger partial charge is 0.481 e. The number of hydrogen-bond acceptors (Lipinski definition) is 4. The minimum Gasteiger partial charge on any atom is -0.481 e. The normalized spacial score (nSPS) is 12.9. The number of carbonyl (C=O) groups excluding carboxylic acids is 1. The second-order valence-corrected chi connectivity index (χ2v) is 8.53. The number of sulfonamides is 1. The van der Waals surface area contributed by atoms with Crippen molar-refractivity contribution < 1.29 is 23.1 Å². The number of aliphatic carboxylic acids is 1. The van der Waals surface area contributed by atoms with E-state index in [4.69, 9.17) is 5.11 Å². The van der Waals surface area contributed by atoms with Crippen molar-refractivity contribution in [2.75, 3.05) is 20.6 Å². The number of carbonyl (C=O) groups is 2. The first-order chi connectivity index (χ1) is 12.0. The lowest BCUT2D eigenvalue weighted by Crippen LogP contribution is -2.40. The Kier molecular flexibility index (Phi) is 7.58. The summed E-state index contributed by atoms with van der Waals surface area (Å²) in [7, 11) is -0.489. The molecule has 8 nitrogen and oxygen atoms in total. The van der Waals surface area contributed by atoms with Crippen molar-refractivity contribution >= 4 is 22.0 Å². The first-order valence-corrected chi connectivity index (χ1v) is 9.69. The summed E-state index contributed by atoms with van der Waals surface area (Å²) in [5.41, 5.74) is 0.740. The molecule has 2 amide bonds. The van der Waals surface area contributed by atoms with Gasteiger partial charge in [0, 0.05) is 33.2 Å². The summed E-state index contributed by atoms with van der Waals surface area (Å²) in [6.45, 7) is 5.43. The smallest absolute Gasteiger partial charge is 0.317 e. The van der Waals surface area contributed by atoms with Crippen LogP contribution >= 0.6 is 0 Å². The van der Waals surface area contributed by atoms with E-state index in [1.54, 1.807) is 26.0 Å². The average molecular weight is 385 g/mol. The van der Waals surface area contributed by atoms with E-state index in [1.807, 2.05) is 0 Å². The van der Waals surface area contributed by atoms with Crippen molar-refractivity contribution in [1.29, 1.82) is 0 Å². The molecule has 0 radical (unpaired) electrons. The van der Waals surface area contributed by atoms with Crippen molar-refractivity contribution in [2.24, 2.45) is 5.92 Å². The number of amides is 2. The lowest BCUT2D eigenvalue weighted by Gasteiger charge is -2.21. The van der Waals surface area contributed by atoms with Gasteiger partial charge in [-0.05, 0) is 31.5 Å². The highest BCUT2D eigenvalue weighted by Crippen LogP contribution is 2.17. The molecule has 0 aliphatic carbocycles. The Morgan fingerprint density at radius 3 is 2.12 bits per heavy atom. The molecule has 0 aliphatic heterocycles. The predicted octanol–water partition coefficient (Wildman–Crippen LogP) is 1.58. The van der Waals surface area contributed by atoms with Crippen LogP contribution in [0.25, 0.3) is 0 Å². The van der Waals surface area contributed by atoms with Crippen LogP contribution in [0, 0.1) is 5.92 Å². The van der Waals surface area contributed by atoms with E-state index in [2.05, 4.69) is 5.32 Å². The van der Waals surface area contributed by atoms with Crippen LogP contribution in [0.2, 0.25) is 0 Å². The molecule has 26 heavy (non-hydrogen) atoms. The minimum atomic E-state index is -3.54. The molecule has 1 atom stereocenters. The number of nitrogens with zero attached hydrogens (tertiary/aromatic N) is 2. The minimum absolute atomic E-state index is 0.0971. The Hall–Kier alpha value is -2.13. The molecule has 0 fully saturated rings. The van der Waals surface area contributed by atoms with Gasteiger partial charge in [0.1, 0.15) is 0 Å². The summed E-state index contributed by atoms with van der Waals surface area (Å²) in [6, 6.07) is 5.75. The number of carboxylic acid groups (broad SMARTS) is 1. The maximum absolute atomic E-state index is 12.4. The Balaban J connectivity index is 2.68. The van der Waals surface area contributed by atoms with Gasteiger partial charge in [0.05, 0.1) is 10.8 Å². The van der Waals surface area contributed by atoms with Gasteiger partial charge in [-0.15, -0.1) is 0 Å². The van der Waals surface area contributed by atoms with Crippen molar-refractivity contribution in [3.8, 4) is 0 Å². The molecule has 0 spiro atoms. The molecule has 1 aromatic rings. The highest BCUT2D eigenvalue weighted by Gasteiger charge is 2.23. The van der Waals surface area contributed by atoms with E-state index < -0.39 is 27.9 Å². The lowest BCUT2D eigenvalue weighted by atomic mass is 10.2. The summed E-state index contributed by atoms with van der Waals surface area (Å²) < 4.78 is 26.1. The molecular weight excluding hydrogens is 358 g/mol. The number of carboxylic acids is 1. The molecule has 1 unspecified atom stereocenters. The quantitative estimate of drug-likeness (QED) is 0.706. The molecule has 146 valence electrons. The van der Waals surface area contributed by atoms with Gasteiger partial charge in [0.25, 0.3) is 0 Å². The Morgan fingerprint density at radius 2 is 1.65 bits per heavy atom. The van der Waals surface area contributed by atoms with Gasteiger partial charge in [-0.25, -0.2) is 13.2 Å². The van der Waals surface area contributed by atoms with Gasteiger partial charge in [-0.1, -0.05) is 19.1 Å². The number of nitrogens with one attached hydrogen (secondary N) is 1. The van der Waals surface area contributed by atoms with Crippen LogP contribution in [-0.2, 0) is 21.4 Å². The van der Waals surface area contributed by atoms with Crippen molar-refractivity contribution in [3.05, 3.63) is 29.8 Å². The molecule has 1 rings (SSSR count). The molecule has 0 saturated heterocycles. The molecule has 0 bridgehead atoms. The molecule has 2 N–H and O–H groups in total. The van der Waals surface area contributed by atoms with Gasteiger partial charge in [-0.3, -0.25) is 4.79 Å². The monoisotopic (exact) mass is 385 g/mol. The van der Waals surface area contributed by atoms with E-state index in [0.717, 1.165) is 5.56 Å². The van der Waals surface area contributed by atoms with Crippen LogP contribution in [0.3, 0.4) is 0 Å². The molecular formula is C17H27N3O5S. The van der Waals surface area contributed by atoms with E-state index in [9.17, 15) is 18.0 Å². The van der Waals surface area contributed by atoms with Crippen LogP contribution in [0.1, 0.15) is 26.3 Å². The Bertz CT molecular complexity index is 731. The van der Waals surface area contributed by atoms with Crippen LogP contribution in [0.5, 0.6) is 0 Å². The highest BCUT2D eigenvalue weighted by atomic mass is 32.2. The third-order valence-electron chi connectivity index (χ3n) is 4.09. The standard InChI is InChI=1S/C17H27N3O5S/c1-12(2)20(5)26(24,25)15-8-6-14(7-9-15)10-18-17(23)19(4)11-13(3)16(21)22/h6-9,12-13H,10-11H2,1-5H3,(H,18,23)(H,21,22). The van der Waals surface area contributed by atoms with Gasteiger partial charge in [0.15, 0.2) is 0 Å². The van der Waals surface area contributed by atoms with Crippen LogP contribution in [0.4, 0.5) is 4.79 Å². The zero-order valence-corrected chi connectivity index (χ0v) is 16.6. The van der Waals surface area contributed by atoms with Crippen LogP contribution < -0.4 is 5.32 Å². The molecule has 1 aromatic carbocycles. The van der Waals surface area contributed by atoms with E-state index >= 15 is 0 Å². The second kappa shape index (κ2) is 9.00. The van der Waals surface area contributed by atoms with E-state index in [1.165, 1.54) is 42.4 Å². The fourth-order valence-electron chi connectivity index (χ4n) is 2.11. The average Bonchev–Trinajstić information content (AvgIpc) is 2.58. The SMILES string of the molecule is CC(CN(C)C(=O)NCc1ccc(S(=O)(=O)N(C)C(C)C)cc1)C(=O)O.